The predicted molar refractivity (Wildman–Crippen MR) is 99.8 cm³/mol. The quantitative estimate of drug-likeness (QED) is 0.572. The summed E-state index contributed by atoms with van der Waals surface area (Å²) in [4.78, 5) is 34.0. The minimum atomic E-state index is -1.19. The van der Waals surface area contributed by atoms with Gasteiger partial charge in [-0.1, -0.05) is 6.07 Å². The van der Waals surface area contributed by atoms with Gasteiger partial charge in [-0.05, 0) is 42.8 Å². The SMILES string of the molecule is Cc1cc(C(=O)NCc2ccc(C#N)cc2OCC(N)=O)ccc1NC(=O)O. The Balaban J connectivity index is 2.11. The van der Waals surface area contributed by atoms with Gasteiger partial charge in [-0.3, -0.25) is 14.9 Å². The van der Waals surface area contributed by atoms with Gasteiger partial charge < -0.3 is 20.9 Å². The first-order chi connectivity index (χ1) is 13.3. The Hall–Kier alpha value is -4.06. The van der Waals surface area contributed by atoms with E-state index in [0.29, 0.717) is 27.9 Å². The molecule has 2 rings (SSSR count). The lowest BCUT2D eigenvalue weighted by Crippen LogP contribution is -2.24. The molecule has 0 atom stereocenters. The molecule has 0 saturated heterocycles. The van der Waals surface area contributed by atoms with Gasteiger partial charge in [0.1, 0.15) is 5.75 Å². The van der Waals surface area contributed by atoms with Crippen molar-refractivity contribution in [2.24, 2.45) is 5.73 Å². The summed E-state index contributed by atoms with van der Waals surface area (Å²) in [5.41, 5.74) is 7.31. The number of anilines is 1. The van der Waals surface area contributed by atoms with Crippen LogP contribution in [0.5, 0.6) is 5.75 Å². The van der Waals surface area contributed by atoms with Crippen LogP contribution in [0, 0.1) is 18.3 Å². The van der Waals surface area contributed by atoms with Crippen LogP contribution < -0.4 is 21.1 Å². The molecule has 3 amide bonds. The maximum Gasteiger partial charge on any atom is 0.409 e. The fourth-order valence-corrected chi connectivity index (χ4v) is 2.39. The molecule has 0 aromatic heterocycles. The molecule has 144 valence electrons. The van der Waals surface area contributed by atoms with E-state index in [2.05, 4.69) is 10.6 Å². The number of nitrogens with zero attached hydrogens (tertiary/aromatic N) is 1. The Morgan fingerprint density at radius 1 is 1.21 bits per heavy atom. The fourth-order valence-electron chi connectivity index (χ4n) is 2.39. The molecule has 0 bridgehead atoms. The fraction of sp³-hybridized carbons (Fsp3) is 0.158. The molecule has 2 aromatic carbocycles. The summed E-state index contributed by atoms with van der Waals surface area (Å²) >= 11 is 0. The van der Waals surface area contributed by atoms with E-state index in [1.54, 1.807) is 25.1 Å². The van der Waals surface area contributed by atoms with Crippen LogP contribution in [0.3, 0.4) is 0 Å². The molecule has 0 saturated carbocycles. The third-order valence-electron chi connectivity index (χ3n) is 3.74. The summed E-state index contributed by atoms with van der Waals surface area (Å²) in [6.07, 6.45) is -1.19. The van der Waals surface area contributed by atoms with Crippen molar-refractivity contribution in [3.63, 3.8) is 0 Å². The summed E-state index contributed by atoms with van der Waals surface area (Å²) in [5, 5.41) is 22.7. The van der Waals surface area contributed by atoms with Crippen molar-refractivity contribution >= 4 is 23.6 Å². The Bertz CT molecular complexity index is 965. The monoisotopic (exact) mass is 382 g/mol. The maximum atomic E-state index is 12.4. The molecule has 0 aliphatic heterocycles. The number of amides is 3. The zero-order chi connectivity index (χ0) is 20.7. The highest BCUT2D eigenvalue weighted by molar-refractivity contribution is 5.95. The lowest BCUT2D eigenvalue weighted by molar-refractivity contribution is -0.119. The summed E-state index contributed by atoms with van der Waals surface area (Å²) in [5.74, 6) is -0.770. The van der Waals surface area contributed by atoms with Crippen LogP contribution in [-0.4, -0.2) is 29.6 Å². The van der Waals surface area contributed by atoms with Crippen LogP contribution in [-0.2, 0) is 11.3 Å². The number of carboxylic acid groups (broad SMARTS) is 1. The average Bonchev–Trinajstić information content (AvgIpc) is 2.65. The van der Waals surface area contributed by atoms with Gasteiger partial charge in [-0.25, -0.2) is 4.79 Å². The highest BCUT2D eigenvalue weighted by Crippen LogP contribution is 2.21. The van der Waals surface area contributed by atoms with Gasteiger partial charge in [0.2, 0.25) is 0 Å². The third-order valence-corrected chi connectivity index (χ3v) is 3.74. The van der Waals surface area contributed by atoms with E-state index < -0.39 is 12.0 Å². The third kappa shape index (κ3) is 5.47. The van der Waals surface area contributed by atoms with E-state index in [1.807, 2.05) is 6.07 Å². The topological polar surface area (TPSA) is 155 Å². The van der Waals surface area contributed by atoms with Crippen molar-refractivity contribution < 1.29 is 24.2 Å². The number of hydrogen-bond donors (Lipinski definition) is 4. The molecule has 0 spiro atoms. The molecule has 0 aliphatic rings. The normalized spacial score (nSPS) is 9.86. The van der Waals surface area contributed by atoms with Gasteiger partial charge in [-0.15, -0.1) is 0 Å². The molecule has 2 aromatic rings. The molecule has 0 fully saturated rings. The lowest BCUT2D eigenvalue weighted by Gasteiger charge is -2.12. The summed E-state index contributed by atoms with van der Waals surface area (Å²) in [6, 6.07) is 11.2. The van der Waals surface area contributed by atoms with E-state index >= 15 is 0 Å². The van der Waals surface area contributed by atoms with Gasteiger partial charge in [0.05, 0.1) is 11.6 Å². The molecule has 9 nitrogen and oxygen atoms in total. The molecule has 28 heavy (non-hydrogen) atoms. The van der Waals surface area contributed by atoms with Gasteiger partial charge in [0, 0.05) is 23.4 Å². The minimum Gasteiger partial charge on any atom is -0.483 e. The number of benzene rings is 2. The van der Waals surface area contributed by atoms with Crippen LogP contribution >= 0.6 is 0 Å². The Kier molecular flexibility index (Phi) is 6.54. The van der Waals surface area contributed by atoms with Crippen LogP contribution in [0.15, 0.2) is 36.4 Å². The molecular weight excluding hydrogens is 364 g/mol. The number of hydrogen-bond acceptors (Lipinski definition) is 5. The number of nitriles is 1. The standard InChI is InChI=1S/C19H18N4O5/c1-11-6-13(4-5-15(11)23-19(26)27)18(25)22-9-14-3-2-12(8-20)7-16(14)28-10-17(21)24/h2-7,23H,9-10H2,1H3,(H2,21,24)(H,22,25)(H,26,27). The Morgan fingerprint density at radius 2 is 1.96 bits per heavy atom. The summed E-state index contributed by atoms with van der Waals surface area (Å²) < 4.78 is 5.31. The molecule has 0 unspecified atom stereocenters. The zero-order valence-corrected chi connectivity index (χ0v) is 15.0. The highest BCUT2D eigenvalue weighted by atomic mass is 16.5. The number of rotatable bonds is 7. The molecule has 0 heterocycles. The Labute approximate surface area is 160 Å². The van der Waals surface area contributed by atoms with Crippen molar-refractivity contribution in [1.82, 2.24) is 5.32 Å². The molecule has 0 radical (unpaired) electrons. The van der Waals surface area contributed by atoms with Crippen molar-refractivity contribution in [2.75, 3.05) is 11.9 Å². The first kappa shape index (κ1) is 20.3. The van der Waals surface area contributed by atoms with Gasteiger partial charge >= 0.3 is 6.09 Å². The number of carbonyl (C=O) groups is 3. The van der Waals surface area contributed by atoms with Crippen LogP contribution in [0.4, 0.5) is 10.5 Å². The van der Waals surface area contributed by atoms with Crippen molar-refractivity contribution in [3.05, 3.63) is 58.7 Å². The van der Waals surface area contributed by atoms with E-state index in [1.165, 1.54) is 18.2 Å². The minimum absolute atomic E-state index is 0.0901. The molecule has 9 heteroatoms. The summed E-state index contributed by atoms with van der Waals surface area (Å²) in [7, 11) is 0. The summed E-state index contributed by atoms with van der Waals surface area (Å²) in [6.45, 7) is 1.41. The largest absolute Gasteiger partial charge is 0.483 e. The van der Waals surface area contributed by atoms with Crippen LogP contribution in [0.2, 0.25) is 0 Å². The zero-order valence-electron chi connectivity index (χ0n) is 15.0. The van der Waals surface area contributed by atoms with Gasteiger partial charge in [-0.2, -0.15) is 5.26 Å². The lowest BCUT2D eigenvalue weighted by atomic mass is 10.1. The first-order valence-corrected chi connectivity index (χ1v) is 8.13. The molecule has 5 N–H and O–H groups in total. The molecule has 0 aliphatic carbocycles. The van der Waals surface area contributed by atoms with E-state index in [-0.39, 0.29) is 24.8 Å². The van der Waals surface area contributed by atoms with E-state index in [0.717, 1.165) is 0 Å². The van der Waals surface area contributed by atoms with Crippen molar-refractivity contribution in [2.45, 2.75) is 13.5 Å². The maximum absolute atomic E-state index is 12.4. The van der Waals surface area contributed by atoms with Crippen LogP contribution in [0.1, 0.15) is 27.0 Å². The number of nitrogens with one attached hydrogen (secondary N) is 2. The Morgan fingerprint density at radius 3 is 2.57 bits per heavy atom. The highest BCUT2D eigenvalue weighted by Gasteiger charge is 2.12. The second kappa shape index (κ2) is 9.05. The number of ether oxygens (including phenoxy) is 1. The van der Waals surface area contributed by atoms with Crippen LogP contribution in [0.25, 0.3) is 0 Å². The first-order valence-electron chi connectivity index (χ1n) is 8.13. The smallest absolute Gasteiger partial charge is 0.409 e. The number of primary amides is 1. The number of carbonyl (C=O) groups excluding carboxylic acids is 2. The second-order valence-electron chi connectivity index (χ2n) is 5.83. The number of nitrogens with two attached hydrogens (primary N) is 1. The second-order valence-corrected chi connectivity index (χ2v) is 5.83. The van der Waals surface area contributed by atoms with Gasteiger partial charge in [0.15, 0.2) is 6.61 Å². The molecular formula is C19H18N4O5. The van der Waals surface area contributed by atoms with E-state index in [9.17, 15) is 14.4 Å². The average molecular weight is 382 g/mol. The van der Waals surface area contributed by atoms with Crippen molar-refractivity contribution in [3.8, 4) is 11.8 Å². The van der Waals surface area contributed by atoms with E-state index in [4.69, 9.17) is 20.8 Å². The van der Waals surface area contributed by atoms with Crippen molar-refractivity contribution in [1.29, 1.82) is 5.26 Å². The van der Waals surface area contributed by atoms with Gasteiger partial charge in [0.25, 0.3) is 11.8 Å². The number of aryl methyl sites for hydroxylation is 1. The predicted octanol–water partition coefficient (Wildman–Crippen LogP) is 1.75.